The zero-order valence-corrected chi connectivity index (χ0v) is 19.9. The fourth-order valence-corrected chi connectivity index (χ4v) is 4.82. The topological polar surface area (TPSA) is 91.7 Å². The van der Waals surface area contributed by atoms with Gasteiger partial charge in [-0.3, -0.25) is 19.8 Å². The molecule has 0 spiro atoms. The number of fused-ring (bicyclic) bond motifs is 1. The summed E-state index contributed by atoms with van der Waals surface area (Å²) in [6.07, 6.45) is 0. The first-order chi connectivity index (χ1) is 18.1. The molecule has 4 N–H and O–H groups in total. The minimum atomic E-state index is -0.433. The molecule has 1 heterocycles. The van der Waals surface area contributed by atoms with E-state index in [1.54, 1.807) is 0 Å². The molecule has 5 aromatic carbocycles. The Balaban J connectivity index is 1.53. The van der Waals surface area contributed by atoms with Gasteiger partial charge in [0.05, 0.1) is 16.5 Å². The van der Waals surface area contributed by atoms with Crippen LogP contribution in [0.15, 0.2) is 125 Å². The molecule has 1 aromatic heterocycles. The number of nitrogens with one attached hydrogen (secondary N) is 2. The van der Waals surface area contributed by atoms with Crippen molar-refractivity contribution >= 4 is 16.5 Å². The van der Waals surface area contributed by atoms with Gasteiger partial charge in [-0.15, -0.1) is 0 Å². The first-order valence-electron chi connectivity index (χ1n) is 12.0. The monoisotopic (exact) mass is 481 g/mol. The Labute approximate surface area is 212 Å². The normalized spacial score (nSPS) is 11.0. The first-order valence-corrected chi connectivity index (χ1v) is 12.0. The summed E-state index contributed by atoms with van der Waals surface area (Å²) < 4.78 is 0. The third-order valence-corrected chi connectivity index (χ3v) is 6.72. The molecule has 0 radical (unpaired) electrons. The van der Waals surface area contributed by atoms with Crippen molar-refractivity contribution in [3.63, 3.8) is 0 Å². The van der Waals surface area contributed by atoms with Gasteiger partial charge in [-0.05, 0) is 45.0 Å². The summed E-state index contributed by atoms with van der Waals surface area (Å²) in [5.74, 6) is 0. The van der Waals surface area contributed by atoms with Crippen molar-refractivity contribution in [1.29, 1.82) is 0 Å². The SMILES string of the molecule is Nc1c(-c2ccc(-c3ccccc3)cc2)cc(-c2ccc(-c3ccccc3)cc2)c2c(=O)[nH][nH]c(=O)c12. The smallest absolute Gasteiger partial charge is 0.272 e. The molecule has 0 aliphatic rings. The van der Waals surface area contributed by atoms with E-state index in [0.29, 0.717) is 11.1 Å². The largest absolute Gasteiger partial charge is 0.398 e. The van der Waals surface area contributed by atoms with Crippen molar-refractivity contribution in [2.24, 2.45) is 0 Å². The van der Waals surface area contributed by atoms with Gasteiger partial charge in [0.15, 0.2) is 0 Å². The molecule has 37 heavy (non-hydrogen) atoms. The third-order valence-electron chi connectivity index (χ3n) is 6.72. The maximum absolute atomic E-state index is 12.9. The van der Waals surface area contributed by atoms with Gasteiger partial charge in [0.25, 0.3) is 11.1 Å². The lowest BCUT2D eigenvalue weighted by molar-refractivity contribution is 0.977. The van der Waals surface area contributed by atoms with Crippen molar-refractivity contribution < 1.29 is 0 Å². The quantitative estimate of drug-likeness (QED) is 0.252. The summed E-state index contributed by atoms with van der Waals surface area (Å²) in [6, 6.07) is 38.1. The Morgan fingerprint density at radius 3 is 1.30 bits per heavy atom. The molecule has 0 bridgehead atoms. The molecule has 0 aliphatic heterocycles. The maximum Gasteiger partial charge on any atom is 0.272 e. The Bertz CT molecular complexity index is 1840. The fraction of sp³-hybridized carbons (Fsp3) is 0. The zero-order valence-electron chi connectivity index (χ0n) is 19.9. The Morgan fingerprint density at radius 1 is 0.432 bits per heavy atom. The van der Waals surface area contributed by atoms with Crippen LogP contribution in [0.3, 0.4) is 0 Å². The average molecular weight is 482 g/mol. The number of aromatic amines is 2. The summed E-state index contributed by atoms with van der Waals surface area (Å²) in [5.41, 5.74) is 13.4. The summed E-state index contributed by atoms with van der Waals surface area (Å²) in [6.45, 7) is 0. The van der Waals surface area contributed by atoms with Gasteiger partial charge in [-0.1, -0.05) is 109 Å². The second-order valence-electron chi connectivity index (χ2n) is 8.93. The second kappa shape index (κ2) is 9.13. The van der Waals surface area contributed by atoms with Crippen LogP contribution in [0.25, 0.3) is 55.3 Å². The van der Waals surface area contributed by atoms with Crippen molar-refractivity contribution in [3.8, 4) is 44.5 Å². The molecule has 5 heteroatoms. The fourth-order valence-electron chi connectivity index (χ4n) is 4.82. The van der Waals surface area contributed by atoms with E-state index in [4.69, 9.17) is 5.73 Å². The highest BCUT2D eigenvalue weighted by Crippen LogP contribution is 2.38. The molecule has 6 aromatic rings. The van der Waals surface area contributed by atoms with Crippen LogP contribution in [0.4, 0.5) is 5.69 Å². The lowest BCUT2D eigenvalue weighted by atomic mass is 9.91. The van der Waals surface area contributed by atoms with E-state index in [1.807, 2.05) is 91.0 Å². The molecule has 0 saturated heterocycles. The standard InChI is InChI=1S/C32H23N3O2/c33-30-27(25-17-13-23(14-18-25)21-9-5-2-6-10-21)19-26(28-29(30)32(37)35-34-31(28)36)24-15-11-22(12-16-24)20-7-3-1-4-8-20/h1-19H,33H2,(H,34,36)(H,35,37). The van der Waals surface area contributed by atoms with E-state index in [2.05, 4.69) is 34.5 Å². The van der Waals surface area contributed by atoms with Crippen molar-refractivity contribution in [2.75, 3.05) is 5.73 Å². The number of rotatable bonds is 4. The van der Waals surface area contributed by atoms with Gasteiger partial charge in [0, 0.05) is 5.56 Å². The number of H-pyrrole nitrogens is 2. The first kappa shape index (κ1) is 22.3. The summed E-state index contributed by atoms with van der Waals surface area (Å²) >= 11 is 0. The van der Waals surface area contributed by atoms with E-state index >= 15 is 0 Å². The van der Waals surface area contributed by atoms with Crippen LogP contribution in [0, 0.1) is 0 Å². The minimum Gasteiger partial charge on any atom is -0.398 e. The van der Waals surface area contributed by atoms with Gasteiger partial charge in [-0.2, -0.15) is 0 Å². The number of anilines is 1. The van der Waals surface area contributed by atoms with E-state index in [9.17, 15) is 9.59 Å². The molecule has 5 nitrogen and oxygen atoms in total. The molecule has 0 fully saturated rings. The van der Waals surface area contributed by atoms with E-state index < -0.39 is 11.1 Å². The summed E-state index contributed by atoms with van der Waals surface area (Å²) in [7, 11) is 0. The number of benzene rings is 5. The molecule has 0 saturated carbocycles. The van der Waals surface area contributed by atoms with Crippen LogP contribution in [-0.2, 0) is 0 Å². The summed E-state index contributed by atoms with van der Waals surface area (Å²) in [5, 5.41) is 5.35. The van der Waals surface area contributed by atoms with Gasteiger partial charge >= 0.3 is 0 Å². The van der Waals surface area contributed by atoms with Crippen LogP contribution in [0.2, 0.25) is 0 Å². The second-order valence-corrected chi connectivity index (χ2v) is 8.93. The molecule has 0 aliphatic carbocycles. The molecular weight excluding hydrogens is 458 g/mol. The van der Waals surface area contributed by atoms with E-state index in [1.165, 1.54) is 0 Å². The number of nitrogens with two attached hydrogens (primary N) is 1. The van der Waals surface area contributed by atoms with Gasteiger partial charge < -0.3 is 5.73 Å². The molecule has 0 amide bonds. The van der Waals surface area contributed by atoms with Crippen LogP contribution in [-0.4, -0.2) is 10.2 Å². The van der Waals surface area contributed by atoms with Crippen molar-refractivity contribution in [3.05, 3.63) is 136 Å². The predicted octanol–water partition coefficient (Wildman–Crippen LogP) is 6.47. The number of hydrogen-bond donors (Lipinski definition) is 3. The molecule has 0 atom stereocenters. The molecule has 6 rings (SSSR count). The van der Waals surface area contributed by atoms with Crippen LogP contribution in [0.5, 0.6) is 0 Å². The van der Waals surface area contributed by atoms with Gasteiger partial charge in [-0.25, -0.2) is 0 Å². The minimum absolute atomic E-state index is 0.190. The number of hydrogen-bond acceptors (Lipinski definition) is 3. The third kappa shape index (κ3) is 4.02. The molecule has 178 valence electrons. The predicted molar refractivity (Wildman–Crippen MR) is 151 cm³/mol. The zero-order chi connectivity index (χ0) is 25.4. The van der Waals surface area contributed by atoms with Crippen molar-refractivity contribution in [2.45, 2.75) is 0 Å². The lowest BCUT2D eigenvalue weighted by Crippen LogP contribution is -2.21. The number of aromatic nitrogens is 2. The average Bonchev–Trinajstić information content (AvgIpc) is 2.96. The Kier molecular flexibility index (Phi) is 5.51. The van der Waals surface area contributed by atoms with Gasteiger partial charge in [0.1, 0.15) is 0 Å². The maximum atomic E-state index is 12.9. The highest BCUT2D eigenvalue weighted by atomic mass is 16.1. The Morgan fingerprint density at radius 2 is 0.811 bits per heavy atom. The van der Waals surface area contributed by atoms with Crippen LogP contribution < -0.4 is 16.9 Å². The molecule has 0 unspecified atom stereocenters. The van der Waals surface area contributed by atoms with Gasteiger partial charge in [0.2, 0.25) is 0 Å². The Hall–Kier alpha value is -5.16. The lowest BCUT2D eigenvalue weighted by Gasteiger charge is -2.14. The summed E-state index contributed by atoms with van der Waals surface area (Å²) in [4.78, 5) is 25.8. The van der Waals surface area contributed by atoms with E-state index in [0.717, 1.165) is 33.4 Å². The molecular formula is C32H23N3O2. The van der Waals surface area contributed by atoms with Crippen molar-refractivity contribution in [1.82, 2.24) is 10.2 Å². The van der Waals surface area contributed by atoms with Crippen LogP contribution >= 0.6 is 0 Å². The van der Waals surface area contributed by atoms with E-state index in [-0.39, 0.29) is 16.5 Å². The van der Waals surface area contributed by atoms with Crippen LogP contribution in [0.1, 0.15) is 0 Å². The number of nitrogen functional groups attached to an aromatic ring is 1. The highest BCUT2D eigenvalue weighted by Gasteiger charge is 2.18. The highest BCUT2D eigenvalue weighted by molar-refractivity contribution is 6.07.